The van der Waals surface area contributed by atoms with Crippen molar-refractivity contribution in [1.82, 2.24) is 19.8 Å². The lowest BCUT2D eigenvalue weighted by Gasteiger charge is -2.27. The fourth-order valence-electron chi connectivity index (χ4n) is 3.31. The van der Waals surface area contributed by atoms with Gasteiger partial charge < -0.3 is 15.0 Å². The van der Waals surface area contributed by atoms with Gasteiger partial charge in [0.05, 0.1) is 24.1 Å². The van der Waals surface area contributed by atoms with Crippen LogP contribution in [-0.4, -0.2) is 45.7 Å². The second-order valence-electron chi connectivity index (χ2n) is 6.26. The molecule has 4 rings (SSSR count). The third-order valence-electron chi connectivity index (χ3n) is 4.63. The molecule has 0 atom stereocenters. The van der Waals surface area contributed by atoms with Crippen molar-refractivity contribution in [3.8, 4) is 5.75 Å². The van der Waals surface area contributed by atoms with E-state index in [9.17, 15) is 5.11 Å². The predicted octanol–water partition coefficient (Wildman–Crippen LogP) is 2.20. The maximum Gasteiger partial charge on any atom is 0.124 e. The summed E-state index contributed by atoms with van der Waals surface area (Å²) in [4.78, 5) is 7.28. The molecule has 2 aromatic carbocycles. The molecule has 2 N–H and O–H groups in total. The molecule has 0 amide bonds. The number of benzene rings is 2. The molecule has 124 valence electrons. The number of phenols is 1. The van der Waals surface area contributed by atoms with Gasteiger partial charge in [0.25, 0.3) is 0 Å². The molecule has 0 aliphatic carbocycles. The Morgan fingerprint density at radius 2 is 1.71 bits per heavy atom. The molecule has 5 nitrogen and oxygen atoms in total. The van der Waals surface area contributed by atoms with Crippen molar-refractivity contribution in [2.75, 3.05) is 26.2 Å². The van der Waals surface area contributed by atoms with Gasteiger partial charge in [-0.15, -0.1) is 0 Å². The van der Waals surface area contributed by atoms with Crippen LogP contribution in [-0.2, 0) is 13.1 Å². The summed E-state index contributed by atoms with van der Waals surface area (Å²) in [6.45, 7) is 5.61. The van der Waals surface area contributed by atoms with E-state index in [2.05, 4.69) is 26.9 Å². The zero-order chi connectivity index (χ0) is 16.4. The van der Waals surface area contributed by atoms with Crippen molar-refractivity contribution in [2.45, 2.75) is 13.1 Å². The van der Waals surface area contributed by atoms with Crippen LogP contribution < -0.4 is 5.32 Å². The number of imidazole rings is 1. The van der Waals surface area contributed by atoms with Crippen LogP contribution in [0, 0.1) is 0 Å². The monoisotopic (exact) mass is 322 g/mol. The van der Waals surface area contributed by atoms with Crippen molar-refractivity contribution in [3.05, 3.63) is 59.9 Å². The first kappa shape index (κ1) is 15.2. The van der Waals surface area contributed by atoms with E-state index in [4.69, 9.17) is 4.98 Å². The van der Waals surface area contributed by atoms with Crippen LogP contribution in [0.25, 0.3) is 11.0 Å². The molecule has 1 aromatic heterocycles. The first-order valence-corrected chi connectivity index (χ1v) is 8.45. The number of phenolic OH excluding ortho intramolecular Hbond substituents is 1. The Labute approximate surface area is 141 Å². The summed E-state index contributed by atoms with van der Waals surface area (Å²) < 4.78 is 2.23. The lowest BCUT2D eigenvalue weighted by molar-refractivity contribution is 0.226. The average Bonchev–Trinajstić information content (AvgIpc) is 2.95. The number of aromatic nitrogens is 2. The summed E-state index contributed by atoms with van der Waals surface area (Å²) >= 11 is 0. The molecule has 0 saturated carbocycles. The van der Waals surface area contributed by atoms with Gasteiger partial charge in [-0.2, -0.15) is 0 Å². The zero-order valence-corrected chi connectivity index (χ0v) is 13.7. The van der Waals surface area contributed by atoms with E-state index < -0.39 is 0 Å². The third kappa shape index (κ3) is 3.00. The number of hydrogen-bond acceptors (Lipinski definition) is 4. The molecular weight excluding hydrogens is 300 g/mol. The molecule has 0 spiro atoms. The van der Waals surface area contributed by atoms with Crippen LogP contribution in [0.4, 0.5) is 0 Å². The Morgan fingerprint density at radius 1 is 0.958 bits per heavy atom. The van der Waals surface area contributed by atoms with Crippen LogP contribution in [0.1, 0.15) is 11.4 Å². The first-order valence-electron chi connectivity index (χ1n) is 8.45. The number of piperazine rings is 1. The smallest absolute Gasteiger partial charge is 0.124 e. The molecule has 1 saturated heterocycles. The van der Waals surface area contributed by atoms with Crippen molar-refractivity contribution in [3.63, 3.8) is 0 Å². The summed E-state index contributed by atoms with van der Waals surface area (Å²) in [6, 6.07) is 15.7. The van der Waals surface area contributed by atoms with Gasteiger partial charge in [-0.3, -0.25) is 4.90 Å². The first-order chi connectivity index (χ1) is 11.8. The molecule has 0 unspecified atom stereocenters. The highest BCUT2D eigenvalue weighted by molar-refractivity contribution is 5.76. The Balaban J connectivity index is 1.71. The minimum atomic E-state index is 0.336. The molecule has 3 aromatic rings. The zero-order valence-electron chi connectivity index (χ0n) is 13.7. The van der Waals surface area contributed by atoms with Gasteiger partial charge >= 0.3 is 0 Å². The average molecular weight is 322 g/mol. The van der Waals surface area contributed by atoms with E-state index >= 15 is 0 Å². The number of fused-ring (bicyclic) bond motifs is 1. The summed E-state index contributed by atoms with van der Waals surface area (Å²) in [6.07, 6.45) is 0. The lowest BCUT2D eigenvalue weighted by Crippen LogP contribution is -2.43. The maximum atomic E-state index is 10.1. The minimum Gasteiger partial charge on any atom is -0.508 e. The summed E-state index contributed by atoms with van der Waals surface area (Å²) in [5.41, 5.74) is 3.05. The minimum absolute atomic E-state index is 0.336. The molecule has 2 heterocycles. The van der Waals surface area contributed by atoms with E-state index in [1.165, 1.54) is 0 Å². The molecule has 24 heavy (non-hydrogen) atoms. The normalized spacial score (nSPS) is 15.8. The fourth-order valence-corrected chi connectivity index (χ4v) is 3.31. The van der Waals surface area contributed by atoms with Gasteiger partial charge in [0.15, 0.2) is 0 Å². The van der Waals surface area contributed by atoms with Crippen molar-refractivity contribution in [2.24, 2.45) is 0 Å². The molecule has 1 aliphatic heterocycles. The number of para-hydroxylation sites is 3. The van der Waals surface area contributed by atoms with Gasteiger partial charge in [-0.05, 0) is 18.2 Å². The molecule has 1 aliphatic rings. The van der Waals surface area contributed by atoms with Gasteiger partial charge in [0.2, 0.25) is 0 Å². The van der Waals surface area contributed by atoms with Gasteiger partial charge in [-0.25, -0.2) is 4.98 Å². The largest absolute Gasteiger partial charge is 0.508 e. The molecule has 0 radical (unpaired) electrons. The van der Waals surface area contributed by atoms with Gasteiger partial charge in [0.1, 0.15) is 11.6 Å². The maximum absolute atomic E-state index is 10.1. The molecule has 0 bridgehead atoms. The summed E-state index contributed by atoms with van der Waals surface area (Å²) in [7, 11) is 0. The second-order valence-corrected chi connectivity index (χ2v) is 6.26. The van der Waals surface area contributed by atoms with Crippen molar-refractivity contribution < 1.29 is 5.11 Å². The number of rotatable bonds is 4. The summed E-state index contributed by atoms with van der Waals surface area (Å²) in [5, 5.41) is 13.5. The highest BCUT2D eigenvalue weighted by atomic mass is 16.3. The van der Waals surface area contributed by atoms with Crippen LogP contribution in [0.5, 0.6) is 5.75 Å². The Hall–Kier alpha value is -2.37. The molecule has 5 heteroatoms. The highest BCUT2D eigenvalue weighted by Crippen LogP contribution is 2.23. The quantitative estimate of drug-likeness (QED) is 0.773. The van der Waals surface area contributed by atoms with Crippen LogP contribution in [0.15, 0.2) is 48.5 Å². The topological polar surface area (TPSA) is 53.3 Å². The Bertz CT molecular complexity index is 836. The molecule has 1 fully saturated rings. The number of aromatic hydroxyl groups is 1. The predicted molar refractivity (Wildman–Crippen MR) is 95.1 cm³/mol. The van der Waals surface area contributed by atoms with Crippen molar-refractivity contribution in [1.29, 1.82) is 0 Å². The highest BCUT2D eigenvalue weighted by Gasteiger charge is 2.17. The van der Waals surface area contributed by atoms with Crippen LogP contribution in [0.2, 0.25) is 0 Å². The van der Waals surface area contributed by atoms with E-state index in [-0.39, 0.29) is 0 Å². The van der Waals surface area contributed by atoms with E-state index in [1.54, 1.807) is 6.07 Å². The lowest BCUT2D eigenvalue weighted by atomic mass is 10.2. The molecular formula is C19H22N4O. The van der Waals surface area contributed by atoms with Gasteiger partial charge in [0, 0.05) is 31.7 Å². The number of nitrogens with one attached hydrogen (secondary N) is 1. The van der Waals surface area contributed by atoms with Gasteiger partial charge in [-0.1, -0.05) is 30.3 Å². The summed E-state index contributed by atoms with van der Waals surface area (Å²) in [5.74, 6) is 1.39. The second kappa shape index (κ2) is 6.63. The standard InChI is InChI=1S/C19H22N4O/c24-18-8-4-1-5-15(18)13-23-17-7-3-2-6-16(17)21-19(23)14-22-11-9-20-10-12-22/h1-8,20,24H,9-14H2. The number of nitrogens with zero attached hydrogens (tertiary/aromatic N) is 3. The third-order valence-corrected chi connectivity index (χ3v) is 4.63. The van der Waals surface area contributed by atoms with Crippen LogP contribution in [0.3, 0.4) is 0 Å². The Morgan fingerprint density at radius 3 is 2.54 bits per heavy atom. The fraction of sp³-hybridized carbons (Fsp3) is 0.316. The van der Waals surface area contributed by atoms with E-state index in [1.807, 2.05) is 30.3 Å². The van der Waals surface area contributed by atoms with E-state index in [0.717, 1.165) is 55.1 Å². The number of hydrogen-bond donors (Lipinski definition) is 2. The van der Waals surface area contributed by atoms with Crippen LogP contribution >= 0.6 is 0 Å². The van der Waals surface area contributed by atoms with E-state index in [0.29, 0.717) is 12.3 Å². The van der Waals surface area contributed by atoms with Crippen molar-refractivity contribution >= 4 is 11.0 Å². The SMILES string of the molecule is Oc1ccccc1Cn1c(CN2CCNCC2)nc2ccccc21. The Kier molecular flexibility index (Phi) is 4.19.